The number of alkyl halides is 1. The number of halogens is 2. The fraction of sp³-hybridized carbons (Fsp3) is 0.571. The number of rotatable bonds is 2. The van der Waals surface area contributed by atoms with Crippen LogP contribution in [-0.2, 0) is 5.33 Å². The minimum Gasteiger partial charge on any atom is -0.371 e. The van der Waals surface area contributed by atoms with Crippen LogP contribution in [0, 0.1) is 17.7 Å². The largest absolute Gasteiger partial charge is 0.371 e. The van der Waals surface area contributed by atoms with Gasteiger partial charge < -0.3 is 4.90 Å². The van der Waals surface area contributed by atoms with Crippen LogP contribution < -0.4 is 4.90 Å². The Labute approximate surface area is 111 Å². The molecular weight excluding hydrogens is 281 g/mol. The molecule has 17 heavy (non-hydrogen) atoms. The van der Waals surface area contributed by atoms with E-state index in [4.69, 9.17) is 0 Å². The van der Waals surface area contributed by atoms with Crippen LogP contribution in [0.4, 0.5) is 10.1 Å². The molecular formula is C14H19BrFN. The van der Waals surface area contributed by atoms with Gasteiger partial charge in [-0.1, -0.05) is 35.8 Å². The third-order valence-electron chi connectivity index (χ3n) is 3.44. The lowest BCUT2D eigenvalue weighted by molar-refractivity contribution is 0.356. The van der Waals surface area contributed by atoms with Gasteiger partial charge in [-0.25, -0.2) is 4.39 Å². The number of benzene rings is 1. The summed E-state index contributed by atoms with van der Waals surface area (Å²) >= 11 is 3.39. The highest BCUT2D eigenvalue weighted by molar-refractivity contribution is 9.08. The van der Waals surface area contributed by atoms with Gasteiger partial charge in [0.25, 0.3) is 0 Å². The van der Waals surface area contributed by atoms with Gasteiger partial charge in [0.15, 0.2) is 0 Å². The Hall–Kier alpha value is -0.570. The zero-order valence-electron chi connectivity index (χ0n) is 10.4. The van der Waals surface area contributed by atoms with Crippen molar-refractivity contribution in [2.45, 2.75) is 25.6 Å². The molecule has 1 aromatic carbocycles. The van der Waals surface area contributed by atoms with Crippen LogP contribution in [0.15, 0.2) is 18.2 Å². The number of hydrogen-bond acceptors (Lipinski definition) is 1. The van der Waals surface area contributed by atoms with Gasteiger partial charge in [0.2, 0.25) is 0 Å². The van der Waals surface area contributed by atoms with Gasteiger partial charge in [0.1, 0.15) is 5.82 Å². The number of piperidine rings is 1. The molecule has 1 saturated heterocycles. The number of hydrogen-bond donors (Lipinski definition) is 0. The van der Waals surface area contributed by atoms with Gasteiger partial charge >= 0.3 is 0 Å². The van der Waals surface area contributed by atoms with Crippen molar-refractivity contribution < 1.29 is 4.39 Å². The quantitative estimate of drug-likeness (QED) is 0.740. The second-order valence-electron chi connectivity index (χ2n) is 5.22. The molecule has 0 N–H and O–H groups in total. The van der Waals surface area contributed by atoms with Crippen LogP contribution in [-0.4, -0.2) is 13.1 Å². The summed E-state index contributed by atoms with van der Waals surface area (Å²) in [7, 11) is 0. The van der Waals surface area contributed by atoms with E-state index in [1.165, 1.54) is 12.5 Å². The molecule has 2 rings (SSSR count). The Morgan fingerprint density at radius 1 is 1.29 bits per heavy atom. The fourth-order valence-electron chi connectivity index (χ4n) is 2.84. The van der Waals surface area contributed by atoms with Crippen LogP contribution in [0.2, 0.25) is 0 Å². The molecule has 0 spiro atoms. The van der Waals surface area contributed by atoms with E-state index >= 15 is 0 Å². The van der Waals surface area contributed by atoms with Crippen molar-refractivity contribution >= 4 is 21.6 Å². The SMILES string of the molecule is CC1CC(C)CN(c2cccc(F)c2CBr)C1. The zero-order valence-corrected chi connectivity index (χ0v) is 12.0. The normalized spacial score (nSPS) is 25.1. The summed E-state index contributed by atoms with van der Waals surface area (Å²) in [5.41, 5.74) is 1.84. The van der Waals surface area contributed by atoms with Crippen molar-refractivity contribution in [2.75, 3.05) is 18.0 Å². The van der Waals surface area contributed by atoms with Gasteiger partial charge in [-0.2, -0.15) is 0 Å². The Morgan fingerprint density at radius 2 is 1.94 bits per heavy atom. The monoisotopic (exact) mass is 299 g/mol. The highest BCUT2D eigenvalue weighted by Gasteiger charge is 2.24. The second-order valence-corrected chi connectivity index (χ2v) is 5.78. The molecule has 1 heterocycles. The van der Waals surface area contributed by atoms with Crippen LogP contribution in [0.3, 0.4) is 0 Å². The average Bonchev–Trinajstić information content (AvgIpc) is 2.27. The highest BCUT2D eigenvalue weighted by Crippen LogP contribution is 2.31. The minimum atomic E-state index is -0.106. The highest BCUT2D eigenvalue weighted by atomic mass is 79.9. The van der Waals surface area contributed by atoms with Crippen molar-refractivity contribution in [1.82, 2.24) is 0 Å². The van der Waals surface area contributed by atoms with E-state index in [1.54, 1.807) is 6.07 Å². The van der Waals surface area contributed by atoms with Gasteiger partial charge in [-0.15, -0.1) is 0 Å². The van der Waals surface area contributed by atoms with E-state index in [-0.39, 0.29) is 5.82 Å². The Kier molecular flexibility index (Phi) is 4.08. The van der Waals surface area contributed by atoms with Gasteiger partial charge in [0, 0.05) is 29.7 Å². The summed E-state index contributed by atoms with van der Waals surface area (Å²) in [5, 5.41) is 0.578. The standard InChI is InChI=1S/C14H19BrFN/c1-10-6-11(2)9-17(8-10)14-5-3-4-13(16)12(14)7-15/h3-5,10-11H,6-9H2,1-2H3. The Balaban J connectivity index is 2.30. The van der Waals surface area contributed by atoms with Gasteiger partial charge in [0.05, 0.1) is 0 Å². The average molecular weight is 300 g/mol. The second kappa shape index (κ2) is 5.38. The molecule has 0 aliphatic carbocycles. The maximum absolute atomic E-state index is 13.7. The predicted molar refractivity (Wildman–Crippen MR) is 74.2 cm³/mol. The molecule has 0 radical (unpaired) electrons. The topological polar surface area (TPSA) is 3.24 Å². The number of nitrogens with zero attached hydrogens (tertiary/aromatic N) is 1. The molecule has 1 aliphatic heterocycles. The first-order chi connectivity index (χ1) is 8.11. The molecule has 0 aromatic heterocycles. The first-order valence-corrected chi connectivity index (χ1v) is 7.32. The van der Waals surface area contributed by atoms with Crippen molar-refractivity contribution in [1.29, 1.82) is 0 Å². The zero-order chi connectivity index (χ0) is 12.4. The van der Waals surface area contributed by atoms with E-state index in [0.29, 0.717) is 17.2 Å². The van der Waals surface area contributed by atoms with E-state index in [2.05, 4.69) is 34.7 Å². The molecule has 0 saturated carbocycles. The lowest BCUT2D eigenvalue weighted by Crippen LogP contribution is -2.39. The minimum absolute atomic E-state index is 0.106. The maximum Gasteiger partial charge on any atom is 0.129 e. The summed E-state index contributed by atoms with van der Waals surface area (Å²) in [6, 6.07) is 5.38. The van der Waals surface area contributed by atoms with E-state index < -0.39 is 0 Å². The summed E-state index contributed by atoms with van der Waals surface area (Å²) in [4.78, 5) is 2.33. The van der Waals surface area contributed by atoms with Crippen molar-refractivity contribution in [3.63, 3.8) is 0 Å². The molecule has 1 nitrogen and oxygen atoms in total. The summed E-state index contributed by atoms with van der Waals surface area (Å²) in [6.07, 6.45) is 1.27. The smallest absolute Gasteiger partial charge is 0.129 e. The number of anilines is 1. The van der Waals surface area contributed by atoms with Crippen molar-refractivity contribution in [2.24, 2.45) is 11.8 Å². The summed E-state index contributed by atoms with van der Waals surface area (Å²) < 4.78 is 13.7. The van der Waals surface area contributed by atoms with Gasteiger partial charge in [-0.05, 0) is 30.4 Å². The molecule has 1 aromatic rings. The fourth-order valence-corrected chi connectivity index (χ4v) is 3.39. The van der Waals surface area contributed by atoms with Crippen molar-refractivity contribution in [3.8, 4) is 0 Å². The molecule has 0 amide bonds. The van der Waals surface area contributed by atoms with Crippen LogP contribution in [0.1, 0.15) is 25.8 Å². The third-order valence-corrected chi connectivity index (χ3v) is 4.00. The van der Waals surface area contributed by atoms with Crippen LogP contribution in [0.25, 0.3) is 0 Å². The van der Waals surface area contributed by atoms with Crippen molar-refractivity contribution in [3.05, 3.63) is 29.6 Å². The van der Waals surface area contributed by atoms with Crippen LogP contribution >= 0.6 is 15.9 Å². The first kappa shape index (κ1) is 12.9. The lowest BCUT2D eigenvalue weighted by atomic mass is 9.91. The molecule has 94 valence electrons. The predicted octanol–water partition coefficient (Wildman–Crippen LogP) is 4.20. The van der Waals surface area contributed by atoms with E-state index in [9.17, 15) is 4.39 Å². The molecule has 2 atom stereocenters. The molecule has 1 fully saturated rings. The lowest BCUT2D eigenvalue weighted by Gasteiger charge is -2.37. The molecule has 3 heteroatoms. The van der Waals surface area contributed by atoms with Crippen LogP contribution in [0.5, 0.6) is 0 Å². The van der Waals surface area contributed by atoms with E-state index in [0.717, 1.165) is 24.3 Å². The summed E-state index contributed by atoms with van der Waals surface area (Å²) in [5.74, 6) is 1.26. The molecule has 1 aliphatic rings. The third kappa shape index (κ3) is 2.82. The Bertz CT molecular complexity index is 384. The molecule has 2 unspecified atom stereocenters. The Morgan fingerprint density at radius 3 is 2.53 bits per heavy atom. The maximum atomic E-state index is 13.7. The summed E-state index contributed by atoms with van der Waals surface area (Å²) in [6.45, 7) is 6.62. The van der Waals surface area contributed by atoms with E-state index in [1.807, 2.05) is 6.07 Å². The first-order valence-electron chi connectivity index (χ1n) is 6.20. The van der Waals surface area contributed by atoms with Gasteiger partial charge in [-0.3, -0.25) is 0 Å². The molecule has 0 bridgehead atoms.